The first-order valence-electron chi connectivity index (χ1n) is 9.19. The predicted molar refractivity (Wildman–Crippen MR) is 106 cm³/mol. The van der Waals surface area contributed by atoms with E-state index in [2.05, 4.69) is 29.6 Å². The average molecular weight is 375 g/mol. The molecule has 142 valence electrons. The van der Waals surface area contributed by atoms with Crippen molar-refractivity contribution >= 4 is 6.09 Å². The topological polar surface area (TPSA) is 78.8 Å². The van der Waals surface area contributed by atoms with Crippen molar-refractivity contribution in [3.8, 4) is 16.9 Å². The second kappa shape index (κ2) is 7.74. The number of alkyl carbamates (subject to hydrolysis) is 1. The van der Waals surface area contributed by atoms with Crippen molar-refractivity contribution in [1.82, 2.24) is 5.32 Å². The summed E-state index contributed by atoms with van der Waals surface area (Å²) in [6, 6.07) is 22.5. The Kier molecular flexibility index (Phi) is 5.00. The van der Waals surface area contributed by atoms with Gasteiger partial charge in [-0.15, -0.1) is 0 Å². The molecule has 0 saturated heterocycles. The number of phenols is 1. The third-order valence-electron chi connectivity index (χ3n) is 5.06. The Hall–Kier alpha value is -3.31. The van der Waals surface area contributed by atoms with E-state index in [1.165, 1.54) is 23.3 Å². The molecule has 0 bridgehead atoms. The van der Waals surface area contributed by atoms with Crippen molar-refractivity contribution < 1.29 is 19.7 Å². The summed E-state index contributed by atoms with van der Waals surface area (Å²) < 4.78 is 5.44. The van der Waals surface area contributed by atoms with Crippen LogP contribution in [0.1, 0.15) is 28.7 Å². The van der Waals surface area contributed by atoms with Crippen LogP contribution >= 0.6 is 0 Å². The molecule has 4 rings (SSSR count). The molecule has 0 aromatic heterocycles. The molecular formula is C23H21NO4. The zero-order valence-electron chi connectivity index (χ0n) is 15.2. The van der Waals surface area contributed by atoms with Gasteiger partial charge in [0.15, 0.2) is 0 Å². The lowest BCUT2D eigenvalue weighted by Gasteiger charge is -2.16. The highest BCUT2D eigenvalue weighted by molar-refractivity contribution is 5.79. The van der Waals surface area contributed by atoms with E-state index in [4.69, 9.17) is 4.74 Å². The molecule has 28 heavy (non-hydrogen) atoms. The van der Waals surface area contributed by atoms with Gasteiger partial charge < -0.3 is 20.3 Å². The molecule has 0 aliphatic heterocycles. The highest BCUT2D eigenvalue weighted by atomic mass is 16.5. The van der Waals surface area contributed by atoms with Crippen LogP contribution in [-0.4, -0.2) is 29.5 Å². The first kappa shape index (κ1) is 18.1. The third kappa shape index (κ3) is 3.57. The number of rotatable bonds is 5. The van der Waals surface area contributed by atoms with Crippen molar-refractivity contribution in [3.05, 3.63) is 89.5 Å². The van der Waals surface area contributed by atoms with E-state index >= 15 is 0 Å². The molecule has 0 spiro atoms. The zero-order valence-corrected chi connectivity index (χ0v) is 15.2. The first-order chi connectivity index (χ1) is 13.6. The van der Waals surface area contributed by atoms with Crippen LogP contribution in [0.4, 0.5) is 4.79 Å². The number of carbonyl (C=O) groups excluding carboxylic acids is 1. The first-order valence-corrected chi connectivity index (χ1v) is 9.19. The van der Waals surface area contributed by atoms with E-state index in [0.29, 0.717) is 5.56 Å². The third-order valence-corrected chi connectivity index (χ3v) is 5.06. The summed E-state index contributed by atoms with van der Waals surface area (Å²) in [5.41, 5.74) is 5.27. The number of hydrogen-bond acceptors (Lipinski definition) is 4. The molecule has 1 atom stereocenters. The lowest BCUT2D eigenvalue weighted by molar-refractivity contribution is 0.128. The van der Waals surface area contributed by atoms with Crippen LogP contribution < -0.4 is 5.32 Å². The van der Waals surface area contributed by atoms with Gasteiger partial charge in [-0.3, -0.25) is 0 Å². The largest absolute Gasteiger partial charge is 0.508 e. The van der Waals surface area contributed by atoms with E-state index in [9.17, 15) is 15.0 Å². The number of benzene rings is 3. The van der Waals surface area contributed by atoms with Crippen LogP contribution in [0.5, 0.6) is 5.75 Å². The number of aliphatic hydroxyl groups is 1. The van der Waals surface area contributed by atoms with Gasteiger partial charge in [0.05, 0.1) is 12.6 Å². The molecule has 0 fully saturated rings. The monoisotopic (exact) mass is 375 g/mol. The van der Waals surface area contributed by atoms with Gasteiger partial charge in [-0.25, -0.2) is 4.79 Å². The lowest BCUT2D eigenvalue weighted by Crippen LogP contribution is -2.30. The van der Waals surface area contributed by atoms with Crippen molar-refractivity contribution in [1.29, 1.82) is 0 Å². The van der Waals surface area contributed by atoms with Gasteiger partial charge in [-0.05, 0) is 39.9 Å². The van der Waals surface area contributed by atoms with Crippen molar-refractivity contribution in [3.63, 3.8) is 0 Å². The van der Waals surface area contributed by atoms with Crippen molar-refractivity contribution in [2.45, 2.75) is 12.0 Å². The molecule has 5 nitrogen and oxygen atoms in total. The van der Waals surface area contributed by atoms with Crippen molar-refractivity contribution in [2.24, 2.45) is 0 Å². The highest BCUT2D eigenvalue weighted by Crippen LogP contribution is 2.44. The fourth-order valence-corrected chi connectivity index (χ4v) is 3.64. The van der Waals surface area contributed by atoms with Crippen LogP contribution in [0.25, 0.3) is 11.1 Å². The SMILES string of the molecule is O=C(NC[C@H](O)c1ccc(O)cc1)OCC1c2ccccc2-c2ccccc21. The number of fused-ring (bicyclic) bond motifs is 3. The summed E-state index contributed by atoms with van der Waals surface area (Å²) in [6.07, 6.45) is -1.44. The van der Waals surface area contributed by atoms with E-state index in [0.717, 1.165) is 11.1 Å². The van der Waals surface area contributed by atoms with Crippen LogP contribution in [0.3, 0.4) is 0 Å². The quantitative estimate of drug-likeness (QED) is 0.631. The molecule has 3 aromatic carbocycles. The van der Waals surface area contributed by atoms with Gasteiger partial charge in [-0.1, -0.05) is 60.7 Å². The number of amides is 1. The Morgan fingerprint density at radius 2 is 1.50 bits per heavy atom. The summed E-state index contributed by atoms with van der Waals surface area (Å²) in [4.78, 5) is 12.1. The summed E-state index contributed by atoms with van der Waals surface area (Å²) in [5, 5.41) is 22.0. The normalized spacial score (nSPS) is 13.5. The van der Waals surface area contributed by atoms with Crippen molar-refractivity contribution in [2.75, 3.05) is 13.2 Å². The van der Waals surface area contributed by atoms with Gasteiger partial charge in [0, 0.05) is 5.92 Å². The van der Waals surface area contributed by atoms with Crippen LogP contribution in [0, 0.1) is 0 Å². The maximum atomic E-state index is 12.1. The van der Waals surface area contributed by atoms with Crippen LogP contribution in [0.2, 0.25) is 0 Å². The van der Waals surface area contributed by atoms with E-state index in [1.807, 2.05) is 24.3 Å². The fourth-order valence-electron chi connectivity index (χ4n) is 3.64. The summed E-state index contributed by atoms with van der Waals surface area (Å²) >= 11 is 0. The number of carbonyl (C=O) groups is 1. The van der Waals surface area contributed by atoms with Gasteiger partial charge >= 0.3 is 6.09 Å². The van der Waals surface area contributed by atoms with E-state index < -0.39 is 12.2 Å². The number of nitrogens with one attached hydrogen (secondary N) is 1. The number of aromatic hydroxyl groups is 1. The molecule has 1 amide bonds. The van der Waals surface area contributed by atoms with Gasteiger partial charge in [0.2, 0.25) is 0 Å². The van der Waals surface area contributed by atoms with Crippen LogP contribution in [0.15, 0.2) is 72.8 Å². The number of ether oxygens (including phenoxy) is 1. The minimum atomic E-state index is -0.874. The second-order valence-electron chi connectivity index (χ2n) is 6.81. The predicted octanol–water partition coefficient (Wildman–Crippen LogP) is 3.96. The molecule has 5 heteroatoms. The summed E-state index contributed by atoms with van der Waals surface area (Å²) in [5.74, 6) is 0.126. The Bertz CT molecular complexity index is 938. The molecule has 3 aromatic rings. The molecule has 0 radical (unpaired) electrons. The second-order valence-corrected chi connectivity index (χ2v) is 6.81. The maximum Gasteiger partial charge on any atom is 0.407 e. The highest BCUT2D eigenvalue weighted by Gasteiger charge is 2.29. The van der Waals surface area contributed by atoms with E-state index in [1.54, 1.807) is 12.1 Å². The number of aliphatic hydroxyl groups excluding tert-OH is 1. The summed E-state index contributed by atoms with van der Waals surface area (Å²) in [6.45, 7) is 0.261. The Morgan fingerprint density at radius 3 is 2.11 bits per heavy atom. The molecule has 1 aliphatic rings. The number of hydrogen-bond donors (Lipinski definition) is 3. The minimum absolute atomic E-state index is 0.000159. The van der Waals surface area contributed by atoms with Gasteiger partial charge in [-0.2, -0.15) is 0 Å². The Labute approximate surface area is 163 Å². The molecule has 3 N–H and O–H groups in total. The number of phenolic OH excluding ortho intramolecular Hbond substituents is 1. The Morgan fingerprint density at radius 1 is 0.929 bits per heavy atom. The van der Waals surface area contributed by atoms with E-state index in [-0.39, 0.29) is 24.8 Å². The van der Waals surface area contributed by atoms with Crippen LogP contribution in [-0.2, 0) is 4.74 Å². The standard InChI is InChI=1S/C23H21NO4/c25-16-11-9-15(10-12-16)22(26)13-24-23(27)28-14-21-19-7-3-1-5-17(19)18-6-2-4-8-20(18)21/h1-12,21-22,25-26H,13-14H2,(H,24,27)/t22-/m0/s1. The van der Waals surface area contributed by atoms with Gasteiger partial charge in [0.25, 0.3) is 0 Å². The summed E-state index contributed by atoms with van der Waals surface area (Å²) in [7, 11) is 0. The smallest absolute Gasteiger partial charge is 0.407 e. The molecule has 1 aliphatic carbocycles. The molecule has 0 saturated carbocycles. The molecule has 0 heterocycles. The molecule has 0 unspecified atom stereocenters. The lowest BCUT2D eigenvalue weighted by atomic mass is 9.98. The zero-order chi connectivity index (χ0) is 19.5. The maximum absolute atomic E-state index is 12.1. The fraction of sp³-hybridized carbons (Fsp3) is 0.174. The minimum Gasteiger partial charge on any atom is -0.508 e. The van der Waals surface area contributed by atoms with Gasteiger partial charge in [0.1, 0.15) is 12.4 Å². The Balaban J connectivity index is 1.37. The molecular weight excluding hydrogens is 354 g/mol. The average Bonchev–Trinajstić information content (AvgIpc) is 3.05.